The van der Waals surface area contributed by atoms with E-state index in [4.69, 9.17) is 4.74 Å². The predicted molar refractivity (Wildman–Crippen MR) is 128 cm³/mol. The molecule has 0 spiro atoms. The molecule has 0 fully saturated rings. The second-order valence-corrected chi connectivity index (χ2v) is 8.25. The largest absolute Gasteiger partial charge is 0.494 e. The lowest BCUT2D eigenvalue weighted by Crippen LogP contribution is -1.99. The fourth-order valence-electron chi connectivity index (χ4n) is 3.62. The van der Waals surface area contributed by atoms with Crippen LogP contribution < -0.4 is 4.74 Å². The van der Waals surface area contributed by atoms with Gasteiger partial charge in [-0.2, -0.15) is 0 Å². The second kappa shape index (κ2) is 11.0. The van der Waals surface area contributed by atoms with Gasteiger partial charge in [0.1, 0.15) is 17.4 Å². The van der Waals surface area contributed by atoms with E-state index in [9.17, 15) is 8.78 Å². The summed E-state index contributed by atoms with van der Waals surface area (Å²) in [7, 11) is 0. The lowest BCUT2D eigenvalue weighted by Gasteiger charge is -2.10. The van der Waals surface area contributed by atoms with Gasteiger partial charge in [0.15, 0.2) is 0 Å². The first-order valence-corrected chi connectivity index (χ1v) is 11.2. The molecule has 166 valence electrons. The molecular formula is C29H30F2O. The van der Waals surface area contributed by atoms with Crippen LogP contribution in [0, 0.1) is 44.2 Å². The van der Waals surface area contributed by atoms with Crippen molar-refractivity contribution in [2.75, 3.05) is 6.61 Å². The molecule has 0 aliphatic heterocycles. The van der Waals surface area contributed by atoms with Crippen molar-refractivity contribution in [3.63, 3.8) is 0 Å². The molecule has 3 rings (SSSR count). The summed E-state index contributed by atoms with van der Waals surface area (Å²) in [6.07, 6.45) is 4.67. The average Bonchev–Trinajstić information content (AvgIpc) is 2.76. The molecular weight excluding hydrogens is 402 g/mol. The lowest BCUT2D eigenvalue weighted by atomic mass is 10.0. The Hall–Kier alpha value is -3.12. The number of hydrogen-bond acceptors (Lipinski definition) is 1. The molecule has 3 aromatic carbocycles. The van der Waals surface area contributed by atoms with Gasteiger partial charge in [0.25, 0.3) is 0 Å². The first-order valence-electron chi connectivity index (χ1n) is 11.2. The molecule has 0 unspecified atom stereocenters. The van der Waals surface area contributed by atoms with Gasteiger partial charge >= 0.3 is 0 Å². The van der Waals surface area contributed by atoms with Crippen LogP contribution in [0.2, 0.25) is 0 Å². The van der Waals surface area contributed by atoms with Crippen LogP contribution in [-0.2, 0) is 0 Å². The Balaban J connectivity index is 1.76. The van der Waals surface area contributed by atoms with Crippen LogP contribution >= 0.6 is 0 Å². The zero-order chi connectivity index (χ0) is 23.1. The molecule has 0 radical (unpaired) electrons. The van der Waals surface area contributed by atoms with Crippen molar-refractivity contribution >= 4 is 0 Å². The van der Waals surface area contributed by atoms with E-state index >= 15 is 0 Å². The number of benzene rings is 3. The van der Waals surface area contributed by atoms with Crippen LogP contribution in [0.3, 0.4) is 0 Å². The van der Waals surface area contributed by atoms with E-state index in [1.54, 1.807) is 31.2 Å². The number of hydrogen-bond donors (Lipinski definition) is 0. The number of unbranched alkanes of at least 4 members (excludes halogenated alkanes) is 3. The lowest BCUT2D eigenvalue weighted by molar-refractivity contribution is 0.304. The molecule has 0 aromatic heterocycles. The zero-order valence-electron chi connectivity index (χ0n) is 19.3. The molecule has 0 bridgehead atoms. The highest BCUT2D eigenvalue weighted by Gasteiger charge is 2.07. The van der Waals surface area contributed by atoms with E-state index in [2.05, 4.69) is 18.8 Å². The Labute approximate surface area is 190 Å². The third-order valence-corrected chi connectivity index (χ3v) is 5.57. The Morgan fingerprint density at radius 2 is 1.38 bits per heavy atom. The summed E-state index contributed by atoms with van der Waals surface area (Å²) < 4.78 is 34.4. The maximum absolute atomic E-state index is 14.7. The topological polar surface area (TPSA) is 9.23 Å². The molecule has 0 amide bonds. The normalized spacial score (nSPS) is 10.6. The van der Waals surface area contributed by atoms with Crippen LogP contribution in [0.4, 0.5) is 8.78 Å². The van der Waals surface area contributed by atoms with Gasteiger partial charge in [0, 0.05) is 5.56 Å². The Morgan fingerprint density at radius 1 is 0.719 bits per heavy atom. The second-order valence-electron chi connectivity index (χ2n) is 8.25. The predicted octanol–water partition coefficient (Wildman–Crippen LogP) is 7.92. The summed E-state index contributed by atoms with van der Waals surface area (Å²) in [6, 6.07) is 13.7. The smallest absolute Gasteiger partial charge is 0.139 e. The number of halogens is 2. The minimum atomic E-state index is -0.418. The van der Waals surface area contributed by atoms with Gasteiger partial charge in [-0.3, -0.25) is 0 Å². The maximum atomic E-state index is 14.7. The molecule has 0 saturated heterocycles. The van der Waals surface area contributed by atoms with E-state index in [0.717, 1.165) is 28.9 Å². The van der Waals surface area contributed by atoms with E-state index in [0.29, 0.717) is 28.9 Å². The Morgan fingerprint density at radius 3 is 2.00 bits per heavy atom. The molecule has 1 nitrogen and oxygen atoms in total. The number of aryl methyl sites for hydroxylation is 3. The van der Waals surface area contributed by atoms with E-state index in [1.165, 1.54) is 31.4 Å². The van der Waals surface area contributed by atoms with Crippen LogP contribution in [0.15, 0.2) is 48.5 Å². The minimum absolute atomic E-state index is 0.300. The van der Waals surface area contributed by atoms with Gasteiger partial charge in [0.2, 0.25) is 0 Å². The first-order chi connectivity index (χ1) is 15.4. The quantitative estimate of drug-likeness (QED) is 0.272. The summed E-state index contributed by atoms with van der Waals surface area (Å²) in [6.45, 7) is 8.60. The highest BCUT2D eigenvalue weighted by atomic mass is 19.1. The van der Waals surface area contributed by atoms with Crippen LogP contribution in [0.5, 0.6) is 5.75 Å². The molecule has 0 heterocycles. The highest BCUT2D eigenvalue weighted by molar-refractivity contribution is 5.65. The van der Waals surface area contributed by atoms with E-state index < -0.39 is 5.82 Å². The van der Waals surface area contributed by atoms with Crippen molar-refractivity contribution in [1.82, 2.24) is 0 Å². The Bertz CT molecular complexity index is 1130. The molecule has 32 heavy (non-hydrogen) atoms. The number of rotatable bonds is 7. The molecule has 0 atom stereocenters. The van der Waals surface area contributed by atoms with Crippen molar-refractivity contribution in [3.05, 3.63) is 88.0 Å². The first kappa shape index (κ1) is 23.5. The van der Waals surface area contributed by atoms with Gasteiger partial charge in [-0.1, -0.05) is 56.2 Å². The van der Waals surface area contributed by atoms with Crippen LogP contribution in [0.1, 0.15) is 60.4 Å². The van der Waals surface area contributed by atoms with Gasteiger partial charge in [-0.05, 0) is 85.3 Å². The third-order valence-electron chi connectivity index (χ3n) is 5.57. The monoisotopic (exact) mass is 432 g/mol. The van der Waals surface area contributed by atoms with Crippen molar-refractivity contribution in [3.8, 4) is 28.7 Å². The standard InChI is InChI=1S/C29H30F2O/c1-5-6-7-8-15-32-26-16-21(3)27(22(4)17-26)14-13-23-11-12-25(19-29(23)31)24-10-9-20(2)28(30)18-24/h9-12,16-19H,5-8,15H2,1-4H3. The summed E-state index contributed by atoms with van der Waals surface area (Å²) in [4.78, 5) is 0. The van der Waals surface area contributed by atoms with E-state index in [-0.39, 0.29) is 5.82 Å². The Kier molecular flexibility index (Phi) is 8.06. The molecule has 0 N–H and O–H groups in total. The van der Waals surface area contributed by atoms with Crippen LogP contribution in [0.25, 0.3) is 11.1 Å². The summed E-state index contributed by atoms with van der Waals surface area (Å²) in [5.41, 5.74) is 5.05. The molecule has 0 aliphatic carbocycles. The van der Waals surface area contributed by atoms with Gasteiger partial charge in [-0.25, -0.2) is 8.78 Å². The zero-order valence-corrected chi connectivity index (χ0v) is 19.3. The number of ether oxygens (including phenoxy) is 1. The van der Waals surface area contributed by atoms with E-state index in [1.807, 2.05) is 26.0 Å². The molecule has 3 aromatic rings. The average molecular weight is 433 g/mol. The SMILES string of the molecule is CCCCCCOc1cc(C)c(C#Cc2ccc(-c3ccc(C)c(F)c3)cc2F)c(C)c1. The molecule has 0 saturated carbocycles. The summed E-state index contributed by atoms with van der Waals surface area (Å²) in [5.74, 6) is 6.21. The van der Waals surface area contributed by atoms with Crippen molar-refractivity contribution in [2.45, 2.75) is 53.4 Å². The fraction of sp³-hybridized carbons (Fsp3) is 0.310. The third kappa shape index (κ3) is 5.98. The summed E-state index contributed by atoms with van der Waals surface area (Å²) >= 11 is 0. The minimum Gasteiger partial charge on any atom is -0.494 e. The van der Waals surface area contributed by atoms with Gasteiger partial charge in [0.05, 0.1) is 12.2 Å². The fourth-order valence-corrected chi connectivity index (χ4v) is 3.62. The van der Waals surface area contributed by atoms with Gasteiger partial charge < -0.3 is 4.74 Å². The van der Waals surface area contributed by atoms with Crippen molar-refractivity contribution in [2.24, 2.45) is 0 Å². The molecule has 3 heteroatoms. The molecule has 0 aliphatic rings. The van der Waals surface area contributed by atoms with Crippen LogP contribution in [-0.4, -0.2) is 6.61 Å². The van der Waals surface area contributed by atoms with Crippen molar-refractivity contribution in [1.29, 1.82) is 0 Å². The highest BCUT2D eigenvalue weighted by Crippen LogP contribution is 2.25. The summed E-state index contributed by atoms with van der Waals surface area (Å²) in [5, 5.41) is 0. The van der Waals surface area contributed by atoms with Crippen molar-refractivity contribution < 1.29 is 13.5 Å². The van der Waals surface area contributed by atoms with Gasteiger partial charge in [-0.15, -0.1) is 0 Å². The maximum Gasteiger partial charge on any atom is 0.139 e.